The molecule has 0 aromatic carbocycles. The molecular weight excluding hydrogens is 135 g/mol. The van der Waals surface area contributed by atoms with Crippen LogP contribution < -0.4 is 0 Å². The molecule has 0 atom stereocenters. The topological polar surface area (TPSA) is 47.9 Å². The summed E-state index contributed by atoms with van der Waals surface area (Å²) in [6.45, 7) is 1.72. The van der Waals surface area contributed by atoms with E-state index in [4.69, 9.17) is 19.1 Å². The molecule has 56 valence electrons. The fourth-order valence-electron chi connectivity index (χ4n) is 1.14. The third kappa shape index (κ3) is 0.862. The molecule has 3 aliphatic heterocycles. The van der Waals surface area contributed by atoms with Crippen LogP contribution in [0.25, 0.3) is 0 Å². The van der Waals surface area contributed by atoms with Crippen LogP contribution in [-0.4, -0.2) is 38.9 Å². The summed E-state index contributed by atoms with van der Waals surface area (Å²) in [5, 5.41) is 8.93. The summed E-state index contributed by atoms with van der Waals surface area (Å²) in [6, 6.07) is 0. The molecule has 0 amide bonds. The van der Waals surface area contributed by atoms with Crippen molar-refractivity contribution >= 4 is 7.32 Å². The van der Waals surface area contributed by atoms with Crippen molar-refractivity contribution in [1.82, 2.24) is 0 Å². The molecule has 0 aromatic rings. The molecule has 3 aliphatic rings. The first-order valence-electron chi connectivity index (χ1n) is 3.30. The summed E-state index contributed by atoms with van der Waals surface area (Å²) < 4.78 is 15.2. The maximum absolute atomic E-state index is 8.93. The van der Waals surface area contributed by atoms with Crippen LogP contribution in [0.3, 0.4) is 0 Å². The van der Waals surface area contributed by atoms with E-state index in [1.807, 2.05) is 0 Å². The zero-order valence-corrected chi connectivity index (χ0v) is 5.58. The van der Waals surface area contributed by atoms with Crippen LogP contribution in [-0.2, 0) is 14.0 Å². The van der Waals surface area contributed by atoms with Crippen molar-refractivity contribution < 1.29 is 19.1 Å². The summed E-state index contributed by atoms with van der Waals surface area (Å²) in [5.41, 5.74) is -0.283. The second kappa shape index (κ2) is 2.20. The quantitative estimate of drug-likeness (QED) is 0.481. The fraction of sp³-hybridized carbons (Fsp3) is 1.00. The Bertz CT molecular complexity index is 118. The van der Waals surface area contributed by atoms with Crippen LogP contribution in [0.5, 0.6) is 0 Å². The average molecular weight is 144 g/mol. The highest BCUT2D eigenvalue weighted by Gasteiger charge is 2.46. The maximum atomic E-state index is 8.93. The van der Waals surface area contributed by atoms with Gasteiger partial charge in [-0.15, -0.1) is 0 Å². The molecule has 10 heavy (non-hydrogen) atoms. The molecule has 2 bridgehead atoms. The molecular formula is C5H9BO4. The van der Waals surface area contributed by atoms with E-state index in [2.05, 4.69) is 0 Å². The molecule has 0 unspecified atom stereocenters. The second-order valence-electron chi connectivity index (χ2n) is 2.88. The predicted molar refractivity (Wildman–Crippen MR) is 33.1 cm³/mol. The largest absolute Gasteiger partial charge is 0.639 e. The van der Waals surface area contributed by atoms with Gasteiger partial charge in [-0.3, -0.25) is 0 Å². The minimum atomic E-state index is -0.478. The summed E-state index contributed by atoms with van der Waals surface area (Å²) in [7, 11) is -0.478. The van der Waals surface area contributed by atoms with Gasteiger partial charge in [0.15, 0.2) is 0 Å². The first-order valence-corrected chi connectivity index (χ1v) is 3.30. The summed E-state index contributed by atoms with van der Waals surface area (Å²) in [4.78, 5) is 0. The average Bonchev–Trinajstić information content (AvgIpc) is 2.08. The smallest absolute Gasteiger partial charge is 0.396 e. The van der Waals surface area contributed by atoms with E-state index in [0.29, 0.717) is 19.8 Å². The fourth-order valence-corrected chi connectivity index (χ4v) is 1.14. The van der Waals surface area contributed by atoms with E-state index in [9.17, 15) is 0 Å². The van der Waals surface area contributed by atoms with Crippen molar-refractivity contribution in [2.75, 3.05) is 26.4 Å². The van der Waals surface area contributed by atoms with Gasteiger partial charge in [-0.2, -0.15) is 0 Å². The zero-order chi connectivity index (χ0) is 7.03. The van der Waals surface area contributed by atoms with Crippen LogP contribution >= 0.6 is 0 Å². The van der Waals surface area contributed by atoms with Gasteiger partial charge < -0.3 is 19.1 Å². The van der Waals surface area contributed by atoms with Gasteiger partial charge in [0.05, 0.1) is 12.0 Å². The molecule has 0 aromatic heterocycles. The van der Waals surface area contributed by atoms with Crippen molar-refractivity contribution in [1.29, 1.82) is 0 Å². The minimum Gasteiger partial charge on any atom is -0.396 e. The maximum Gasteiger partial charge on any atom is 0.639 e. The van der Waals surface area contributed by atoms with E-state index >= 15 is 0 Å². The Hall–Kier alpha value is -0.0951. The Labute approximate surface area is 59.2 Å². The molecule has 3 heterocycles. The molecule has 3 fully saturated rings. The number of aliphatic hydroxyl groups is 1. The summed E-state index contributed by atoms with van der Waals surface area (Å²) >= 11 is 0. The summed E-state index contributed by atoms with van der Waals surface area (Å²) in [6.07, 6.45) is 0. The SMILES string of the molecule is OCC12COB(OC1)OC2. The third-order valence-corrected chi connectivity index (χ3v) is 1.91. The molecule has 0 saturated carbocycles. The molecule has 3 saturated heterocycles. The van der Waals surface area contributed by atoms with Crippen molar-refractivity contribution in [3.05, 3.63) is 0 Å². The van der Waals surface area contributed by atoms with Gasteiger partial charge in [-0.25, -0.2) is 0 Å². The van der Waals surface area contributed by atoms with Gasteiger partial charge in [0, 0.05) is 19.8 Å². The van der Waals surface area contributed by atoms with E-state index in [0.717, 1.165) is 0 Å². The Balaban J connectivity index is 2.08. The van der Waals surface area contributed by atoms with E-state index in [1.165, 1.54) is 0 Å². The third-order valence-electron chi connectivity index (χ3n) is 1.91. The van der Waals surface area contributed by atoms with Crippen molar-refractivity contribution in [2.24, 2.45) is 5.41 Å². The highest BCUT2D eigenvalue weighted by atomic mass is 16.8. The molecule has 1 N–H and O–H groups in total. The van der Waals surface area contributed by atoms with Gasteiger partial charge in [0.2, 0.25) is 0 Å². The monoisotopic (exact) mass is 144 g/mol. The Morgan fingerprint density at radius 2 is 1.70 bits per heavy atom. The van der Waals surface area contributed by atoms with E-state index in [-0.39, 0.29) is 12.0 Å². The lowest BCUT2D eigenvalue weighted by molar-refractivity contribution is -0.134. The number of hydrogen-bond acceptors (Lipinski definition) is 4. The normalized spacial score (nSPS) is 29.1. The Kier molecular flexibility index (Phi) is 1.45. The van der Waals surface area contributed by atoms with E-state index in [1.54, 1.807) is 0 Å². The van der Waals surface area contributed by atoms with Gasteiger partial charge >= 0.3 is 7.32 Å². The number of fused-ring (bicyclic) bond motifs is 3. The molecule has 0 aliphatic carbocycles. The van der Waals surface area contributed by atoms with Gasteiger partial charge in [0.1, 0.15) is 0 Å². The molecule has 4 nitrogen and oxygen atoms in total. The first-order chi connectivity index (χ1) is 4.85. The van der Waals surface area contributed by atoms with E-state index < -0.39 is 7.32 Å². The van der Waals surface area contributed by atoms with Gasteiger partial charge in [0.25, 0.3) is 0 Å². The lowest BCUT2D eigenvalue weighted by atomic mass is 9.86. The van der Waals surface area contributed by atoms with Crippen LogP contribution in [0.2, 0.25) is 0 Å². The first kappa shape index (κ1) is 6.60. The minimum absolute atomic E-state index is 0.0692. The summed E-state index contributed by atoms with van der Waals surface area (Å²) in [5.74, 6) is 0. The van der Waals surface area contributed by atoms with Crippen molar-refractivity contribution in [2.45, 2.75) is 0 Å². The van der Waals surface area contributed by atoms with Crippen LogP contribution in [0, 0.1) is 5.41 Å². The molecule has 0 radical (unpaired) electrons. The van der Waals surface area contributed by atoms with Crippen LogP contribution in [0.15, 0.2) is 0 Å². The zero-order valence-electron chi connectivity index (χ0n) is 5.58. The lowest BCUT2D eigenvalue weighted by Crippen LogP contribution is -2.56. The van der Waals surface area contributed by atoms with Crippen LogP contribution in [0.4, 0.5) is 0 Å². The lowest BCUT2D eigenvalue weighted by Gasteiger charge is -2.42. The second-order valence-corrected chi connectivity index (χ2v) is 2.88. The standard InChI is InChI=1S/C5H9BO4/c7-1-5-2-8-6(9-3-5)10-4-5/h7H,1-4H2. The van der Waals surface area contributed by atoms with Crippen molar-refractivity contribution in [3.8, 4) is 0 Å². The van der Waals surface area contributed by atoms with Gasteiger partial charge in [-0.1, -0.05) is 0 Å². The highest BCUT2D eigenvalue weighted by Crippen LogP contribution is 2.29. The van der Waals surface area contributed by atoms with Crippen LogP contribution in [0.1, 0.15) is 0 Å². The predicted octanol–water partition coefficient (Wildman–Crippen LogP) is -0.973. The highest BCUT2D eigenvalue weighted by molar-refractivity contribution is 6.36. The number of rotatable bonds is 1. The van der Waals surface area contributed by atoms with Gasteiger partial charge in [-0.05, 0) is 0 Å². The molecule has 5 heteroatoms. The Morgan fingerprint density at radius 3 is 2.00 bits per heavy atom. The number of hydrogen-bond donors (Lipinski definition) is 1. The van der Waals surface area contributed by atoms with Crippen molar-refractivity contribution in [3.63, 3.8) is 0 Å². The Morgan fingerprint density at radius 1 is 1.20 bits per heavy atom. The molecule has 3 rings (SSSR count). The molecule has 0 spiro atoms. The number of aliphatic hydroxyl groups excluding tert-OH is 1.